The van der Waals surface area contributed by atoms with Gasteiger partial charge in [-0.15, -0.1) is 0 Å². The van der Waals surface area contributed by atoms with E-state index < -0.39 is 0 Å². The van der Waals surface area contributed by atoms with Gasteiger partial charge in [0.05, 0.1) is 6.10 Å². The van der Waals surface area contributed by atoms with Crippen LogP contribution in [-0.2, 0) is 9.53 Å². The number of hydrogen-bond donors (Lipinski definition) is 0. The quantitative estimate of drug-likeness (QED) is 0.744. The Labute approximate surface area is 153 Å². The zero-order chi connectivity index (χ0) is 17.8. The fourth-order valence-electron chi connectivity index (χ4n) is 7.64. The second kappa shape index (κ2) is 6.25. The van der Waals surface area contributed by atoms with Crippen LogP contribution in [0.2, 0.25) is 0 Å². The zero-order valence-electron chi connectivity index (χ0n) is 16.7. The summed E-state index contributed by atoms with van der Waals surface area (Å²) in [5.41, 5.74) is 0.741. The van der Waals surface area contributed by atoms with Gasteiger partial charge >= 0.3 is 0 Å². The van der Waals surface area contributed by atoms with Crippen LogP contribution in [0.15, 0.2) is 0 Å². The highest BCUT2D eigenvalue weighted by Crippen LogP contribution is 2.65. The highest BCUT2D eigenvalue weighted by molar-refractivity contribution is 5.77. The molecule has 0 aromatic heterocycles. The molecule has 25 heavy (non-hydrogen) atoms. The predicted octanol–water partition coefficient (Wildman–Crippen LogP) is 4.65. The van der Waals surface area contributed by atoms with Gasteiger partial charge in [0.15, 0.2) is 0 Å². The number of likely N-dealkylation sites (tertiary alicyclic amines) is 1. The molecule has 0 aromatic rings. The third-order valence-corrected chi connectivity index (χ3v) is 8.99. The maximum absolute atomic E-state index is 12.2. The second-order valence-corrected chi connectivity index (χ2v) is 9.96. The standard InChI is InChI=1S/C22H37NO2/c1-5-14-25-19-9-7-16-15-6-8-18-21(2,13-11-20(24)23(18)4)17(15)10-12-22(16,19)3/h15-19H,5-14H2,1-4H3/t15-,16-,17+,18?,19?,21+,22-/m0/s1. The van der Waals surface area contributed by atoms with Crippen LogP contribution in [0.25, 0.3) is 0 Å². The lowest BCUT2D eigenvalue weighted by atomic mass is 9.47. The van der Waals surface area contributed by atoms with Crippen LogP contribution in [0, 0.1) is 28.6 Å². The number of carbonyl (C=O) groups excluding carboxylic acids is 1. The van der Waals surface area contributed by atoms with Crippen LogP contribution < -0.4 is 0 Å². The van der Waals surface area contributed by atoms with E-state index in [1.807, 2.05) is 0 Å². The molecule has 1 saturated heterocycles. The van der Waals surface area contributed by atoms with Crippen molar-refractivity contribution >= 4 is 5.91 Å². The van der Waals surface area contributed by atoms with Crippen LogP contribution in [0.5, 0.6) is 0 Å². The lowest BCUT2D eigenvalue weighted by Crippen LogP contribution is -2.61. The minimum absolute atomic E-state index is 0.343. The zero-order valence-corrected chi connectivity index (χ0v) is 16.7. The SMILES string of the molecule is CCCOC1CC[C@H]2[C@@H]3CCC4N(C)C(=O)CC[C@]4(C)[C@@H]3CC[C@]12C. The molecule has 142 valence electrons. The fraction of sp³-hybridized carbons (Fsp3) is 0.955. The molecule has 1 aliphatic heterocycles. The first-order valence-corrected chi connectivity index (χ1v) is 10.8. The maximum Gasteiger partial charge on any atom is 0.222 e. The first-order valence-electron chi connectivity index (χ1n) is 10.8. The Morgan fingerprint density at radius 1 is 1.04 bits per heavy atom. The molecular formula is C22H37NO2. The molecule has 3 aliphatic carbocycles. The molecule has 3 nitrogen and oxygen atoms in total. The summed E-state index contributed by atoms with van der Waals surface area (Å²) < 4.78 is 6.31. The molecule has 3 heteroatoms. The molecule has 2 unspecified atom stereocenters. The third-order valence-electron chi connectivity index (χ3n) is 8.99. The summed E-state index contributed by atoms with van der Waals surface area (Å²) in [5.74, 6) is 2.88. The highest BCUT2D eigenvalue weighted by atomic mass is 16.5. The van der Waals surface area contributed by atoms with Gasteiger partial charge in [0, 0.05) is 26.1 Å². The van der Waals surface area contributed by atoms with E-state index in [4.69, 9.17) is 4.74 Å². The van der Waals surface area contributed by atoms with E-state index in [9.17, 15) is 4.79 Å². The molecule has 0 radical (unpaired) electrons. The van der Waals surface area contributed by atoms with Gasteiger partial charge in [0.1, 0.15) is 0 Å². The number of nitrogens with zero attached hydrogens (tertiary/aromatic N) is 1. The van der Waals surface area contributed by atoms with Gasteiger partial charge < -0.3 is 9.64 Å². The molecule has 4 aliphatic rings. The van der Waals surface area contributed by atoms with Crippen LogP contribution >= 0.6 is 0 Å². The molecule has 1 heterocycles. The van der Waals surface area contributed by atoms with Crippen LogP contribution in [-0.4, -0.2) is 36.6 Å². The molecule has 0 aromatic carbocycles. The van der Waals surface area contributed by atoms with E-state index in [1.54, 1.807) is 0 Å². The van der Waals surface area contributed by atoms with Crippen molar-refractivity contribution in [2.24, 2.45) is 28.6 Å². The average Bonchev–Trinajstić information content (AvgIpc) is 2.93. The van der Waals surface area contributed by atoms with E-state index in [-0.39, 0.29) is 0 Å². The molecule has 0 spiro atoms. The Morgan fingerprint density at radius 3 is 2.56 bits per heavy atom. The molecule has 3 saturated carbocycles. The summed E-state index contributed by atoms with van der Waals surface area (Å²) in [7, 11) is 2.06. The Bertz CT molecular complexity index is 534. The summed E-state index contributed by atoms with van der Waals surface area (Å²) in [6, 6.07) is 0.480. The van der Waals surface area contributed by atoms with Crippen LogP contribution in [0.4, 0.5) is 0 Å². The van der Waals surface area contributed by atoms with Crippen molar-refractivity contribution in [3.63, 3.8) is 0 Å². The Hall–Kier alpha value is -0.570. The number of carbonyl (C=O) groups is 1. The van der Waals surface area contributed by atoms with E-state index in [0.29, 0.717) is 28.9 Å². The molecule has 0 bridgehead atoms. The lowest BCUT2D eigenvalue weighted by molar-refractivity contribution is -0.161. The van der Waals surface area contributed by atoms with Gasteiger partial charge in [-0.1, -0.05) is 20.8 Å². The van der Waals surface area contributed by atoms with E-state index in [0.717, 1.165) is 43.6 Å². The monoisotopic (exact) mass is 347 g/mol. The number of amides is 1. The third kappa shape index (κ3) is 2.51. The fourth-order valence-corrected chi connectivity index (χ4v) is 7.64. The van der Waals surface area contributed by atoms with Crippen molar-refractivity contribution in [3.8, 4) is 0 Å². The average molecular weight is 348 g/mol. The first kappa shape index (κ1) is 17.8. The number of ether oxygens (including phenoxy) is 1. The van der Waals surface area contributed by atoms with Gasteiger partial charge in [-0.25, -0.2) is 0 Å². The largest absolute Gasteiger partial charge is 0.378 e. The topological polar surface area (TPSA) is 29.5 Å². The van der Waals surface area contributed by atoms with E-state index in [1.165, 1.54) is 38.5 Å². The first-order chi connectivity index (χ1) is 11.9. The molecule has 4 fully saturated rings. The van der Waals surface area contributed by atoms with E-state index in [2.05, 4.69) is 32.7 Å². The number of piperidine rings is 1. The Kier molecular flexibility index (Phi) is 4.46. The molecule has 7 atom stereocenters. The maximum atomic E-state index is 12.2. The van der Waals surface area contributed by atoms with Crippen molar-refractivity contribution < 1.29 is 9.53 Å². The van der Waals surface area contributed by atoms with E-state index >= 15 is 0 Å². The lowest BCUT2D eigenvalue weighted by Gasteiger charge is -2.61. The summed E-state index contributed by atoms with van der Waals surface area (Å²) >= 11 is 0. The summed E-state index contributed by atoms with van der Waals surface area (Å²) in [6.07, 6.45) is 11.3. The van der Waals surface area contributed by atoms with Crippen molar-refractivity contribution in [2.75, 3.05) is 13.7 Å². The van der Waals surface area contributed by atoms with Crippen molar-refractivity contribution in [1.82, 2.24) is 4.90 Å². The normalized spacial score (nSPS) is 49.5. The summed E-state index contributed by atoms with van der Waals surface area (Å²) in [6.45, 7) is 8.19. The minimum Gasteiger partial charge on any atom is -0.378 e. The van der Waals surface area contributed by atoms with Crippen LogP contribution in [0.3, 0.4) is 0 Å². The molecule has 4 rings (SSSR count). The Balaban J connectivity index is 1.57. The highest BCUT2D eigenvalue weighted by Gasteiger charge is 2.61. The van der Waals surface area contributed by atoms with Crippen molar-refractivity contribution in [1.29, 1.82) is 0 Å². The molecule has 0 N–H and O–H groups in total. The number of fused-ring (bicyclic) bond motifs is 5. The van der Waals surface area contributed by atoms with Crippen molar-refractivity contribution in [3.05, 3.63) is 0 Å². The van der Waals surface area contributed by atoms with Gasteiger partial charge in [0.25, 0.3) is 0 Å². The number of rotatable bonds is 3. The second-order valence-electron chi connectivity index (χ2n) is 9.96. The summed E-state index contributed by atoms with van der Waals surface area (Å²) in [4.78, 5) is 14.3. The van der Waals surface area contributed by atoms with Gasteiger partial charge in [-0.05, 0) is 80.0 Å². The van der Waals surface area contributed by atoms with Gasteiger partial charge in [-0.3, -0.25) is 4.79 Å². The smallest absolute Gasteiger partial charge is 0.222 e. The Morgan fingerprint density at radius 2 is 1.80 bits per heavy atom. The molecule has 1 amide bonds. The van der Waals surface area contributed by atoms with Crippen LogP contribution in [0.1, 0.15) is 78.6 Å². The van der Waals surface area contributed by atoms with Gasteiger partial charge in [-0.2, -0.15) is 0 Å². The van der Waals surface area contributed by atoms with Gasteiger partial charge in [0.2, 0.25) is 5.91 Å². The predicted molar refractivity (Wildman–Crippen MR) is 100 cm³/mol. The van der Waals surface area contributed by atoms with Crippen molar-refractivity contribution in [2.45, 2.75) is 90.7 Å². The summed E-state index contributed by atoms with van der Waals surface area (Å²) in [5, 5.41) is 0. The minimum atomic E-state index is 0.343. The molecular weight excluding hydrogens is 310 g/mol. The number of hydrogen-bond acceptors (Lipinski definition) is 2.